The highest BCUT2D eigenvalue weighted by Crippen LogP contribution is 2.39. The minimum absolute atomic E-state index is 0.360. The molecular weight excluding hydrogens is 265 g/mol. The standard InChI is InChI=1S/C13H20NO4P/c1-4-10-17-13(15)11(2)14-19(3,16)18-12-8-6-5-7-9-12/h5-9,11H,4,10H2,1-3H3,(H,14,16). The van der Waals surface area contributed by atoms with Crippen molar-refractivity contribution in [1.29, 1.82) is 0 Å². The monoisotopic (exact) mass is 285 g/mol. The van der Waals surface area contributed by atoms with Gasteiger partial charge in [-0.15, -0.1) is 0 Å². The minimum atomic E-state index is -3.11. The Labute approximate surface area is 113 Å². The maximum Gasteiger partial charge on any atom is 0.323 e. The van der Waals surface area contributed by atoms with E-state index in [9.17, 15) is 9.36 Å². The van der Waals surface area contributed by atoms with Crippen molar-refractivity contribution >= 4 is 13.5 Å². The number of carbonyl (C=O) groups excluding carboxylic acids is 1. The molecule has 0 saturated carbocycles. The zero-order valence-corrected chi connectivity index (χ0v) is 12.4. The summed E-state index contributed by atoms with van der Waals surface area (Å²) in [6.45, 7) is 5.30. The summed E-state index contributed by atoms with van der Waals surface area (Å²) in [5.74, 6) is 0.0653. The summed E-state index contributed by atoms with van der Waals surface area (Å²) in [4.78, 5) is 11.6. The van der Waals surface area contributed by atoms with Gasteiger partial charge in [0.2, 0.25) is 0 Å². The van der Waals surface area contributed by atoms with Crippen LogP contribution in [0.2, 0.25) is 0 Å². The average molecular weight is 285 g/mol. The highest BCUT2D eigenvalue weighted by atomic mass is 31.2. The predicted octanol–water partition coefficient (Wildman–Crippen LogP) is 2.82. The molecule has 0 amide bonds. The van der Waals surface area contributed by atoms with Crippen LogP contribution in [0.1, 0.15) is 20.3 Å². The molecule has 1 N–H and O–H groups in total. The first kappa shape index (κ1) is 15.7. The SMILES string of the molecule is CCCOC(=O)C(C)NP(C)(=O)Oc1ccccc1. The average Bonchev–Trinajstić information content (AvgIpc) is 2.35. The van der Waals surface area contributed by atoms with Gasteiger partial charge in [0, 0.05) is 6.66 Å². The van der Waals surface area contributed by atoms with E-state index < -0.39 is 19.5 Å². The Morgan fingerprint density at radius 3 is 2.58 bits per heavy atom. The highest BCUT2D eigenvalue weighted by Gasteiger charge is 2.25. The van der Waals surface area contributed by atoms with Gasteiger partial charge in [-0.25, -0.2) is 5.09 Å². The fourth-order valence-corrected chi connectivity index (χ4v) is 2.83. The lowest BCUT2D eigenvalue weighted by molar-refractivity contribution is -0.145. The number of ether oxygens (including phenoxy) is 1. The van der Waals surface area contributed by atoms with E-state index in [-0.39, 0.29) is 0 Å². The molecule has 1 aromatic carbocycles. The normalized spacial score (nSPS) is 15.3. The Bertz CT molecular complexity index is 449. The molecule has 1 rings (SSSR count). The topological polar surface area (TPSA) is 64.6 Å². The molecule has 0 spiro atoms. The zero-order valence-electron chi connectivity index (χ0n) is 11.5. The Kier molecular flexibility index (Phi) is 6.06. The summed E-state index contributed by atoms with van der Waals surface area (Å²) in [5, 5.41) is 2.67. The lowest BCUT2D eigenvalue weighted by Gasteiger charge is -2.20. The van der Waals surface area contributed by atoms with Gasteiger partial charge in [0.05, 0.1) is 6.61 Å². The van der Waals surface area contributed by atoms with Crippen molar-refractivity contribution < 1.29 is 18.6 Å². The van der Waals surface area contributed by atoms with Gasteiger partial charge < -0.3 is 9.26 Å². The molecular formula is C13H20NO4P. The van der Waals surface area contributed by atoms with E-state index in [0.29, 0.717) is 12.4 Å². The molecule has 0 aliphatic carbocycles. The van der Waals surface area contributed by atoms with Crippen LogP contribution in [0.3, 0.4) is 0 Å². The summed E-state index contributed by atoms with van der Waals surface area (Å²) in [6.07, 6.45) is 0.753. The van der Waals surface area contributed by atoms with E-state index in [2.05, 4.69) is 5.09 Å². The van der Waals surface area contributed by atoms with Crippen LogP contribution in [0.5, 0.6) is 5.75 Å². The number of hydrogen-bond donors (Lipinski definition) is 1. The predicted molar refractivity (Wildman–Crippen MR) is 74.4 cm³/mol. The molecule has 0 bridgehead atoms. The lowest BCUT2D eigenvalue weighted by Crippen LogP contribution is -2.34. The third kappa shape index (κ3) is 5.90. The molecule has 6 heteroatoms. The minimum Gasteiger partial charge on any atom is -0.465 e. The highest BCUT2D eigenvalue weighted by molar-refractivity contribution is 7.56. The number of rotatable bonds is 7. The first-order chi connectivity index (χ1) is 8.94. The van der Waals surface area contributed by atoms with Crippen molar-refractivity contribution in [3.05, 3.63) is 30.3 Å². The van der Waals surface area contributed by atoms with Crippen LogP contribution < -0.4 is 9.61 Å². The van der Waals surface area contributed by atoms with Crippen molar-refractivity contribution in [3.63, 3.8) is 0 Å². The molecule has 0 heterocycles. The van der Waals surface area contributed by atoms with E-state index in [1.807, 2.05) is 13.0 Å². The van der Waals surface area contributed by atoms with E-state index in [0.717, 1.165) is 6.42 Å². The first-order valence-corrected chi connectivity index (χ1v) is 8.28. The van der Waals surface area contributed by atoms with Crippen LogP contribution in [-0.2, 0) is 14.1 Å². The third-order valence-electron chi connectivity index (χ3n) is 2.25. The Morgan fingerprint density at radius 1 is 1.37 bits per heavy atom. The van der Waals surface area contributed by atoms with Gasteiger partial charge in [-0.1, -0.05) is 25.1 Å². The Morgan fingerprint density at radius 2 is 2.00 bits per heavy atom. The van der Waals surface area contributed by atoms with E-state index in [4.69, 9.17) is 9.26 Å². The molecule has 1 aromatic rings. The molecule has 0 aliphatic heterocycles. The smallest absolute Gasteiger partial charge is 0.323 e. The third-order valence-corrected chi connectivity index (χ3v) is 3.67. The molecule has 5 nitrogen and oxygen atoms in total. The van der Waals surface area contributed by atoms with Crippen LogP contribution in [0.25, 0.3) is 0 Å². The lowest BCUT2D eigenvalue weighted by atomic mass is 10.3. The van der Waals surface area contributed by atoms with Gasteiger partial charge in [0.1, 0.15) is 11.8 Å². The van der Waals surface area contributed by atoms with Crippen molar-refractivity contribution in [2.45, 2.75) is 26.3 Å². The van der Waals surface area contributed by atoms with Crippen molar-refractivity contribution in [2.75, 3.05) is 13.3 Å². The number of esters is 1. The van der Waals surface area contributed by atoms with Gasteiger partial charge >= 0.3 is 13.5 Å². The maximum atomic E-state index is 12.2. The van der Waals surface area contributed by atoms with Crippen LogP contribution in [0.4, 0.5) is 0 Å². The molecule has 106 valence electrons. The number of hydrogen-bond acceptors (Lipinski definition) is 4. The molecule has 2 atom stereocenters. The van der Waals surface area contributed by atoms with Gasteiger partial charge in [-0.3, -0.25) is 9.36 Å². The summed E-state index contributed by atoms with van der Waals surface area (Å²) in [5.41, 5.74) is 0. The molecule has 19 heavy (non-hydrogen) atoms. The molecule has 0 fully saturated rings. The second-order valence-electron chi connectivity index (χ2n) is 4.27. The quantitative estimate of drug-likeness (QED) is 0.616. The molecule has 2 unspecified atom stereocenters. The first-order valence-electron chi connectivity index (χ1n) is 6.21. The van der Waals surface area contributed by atoms with E-state index in [1.54, 1.807) is 31.2 Å². The van der Waals surface area contributed by atoms with Crippen LogP contribution >= 0.6 is 7.52 Å². The summed E-state index contributed by atoms with van der Waals surface area (Å²) < 4.78 is 22.6. The molecule has 0 radical (unpaired) electrons. The fourth-order valence-electron chi connectivity index (χ4n) is 1.44. The van der Waals surface area contributed by atoms with Gasteiger partial charge in [-0.05, 0) is 25.5 Å². The zero-order chi connectivity index (χ0) is 14.3. The second-order valence-corrected chi connectivity index (χ2v) is 6.40. The van der Waals surface area contributed by atoms with Crippen molar-refractivity contribution in [3.8, 4) is 5.75 Å². The van der Waals surface area contributed by atoms with E-state index in [1.165, 1.54) is 6.66 Å². The molecule has 0 saturated heterocycles. The number of nitrogens with one attached hydrogen (secondary N) is 1. The van der Waals surface area contributed by atoms with E-state index >= 15 is 0 Å². The van der Waals surface area contributed by atoms with Gasteiger partial charge in [0.15, 0.2) is 0 Å². The Balaban J connectivity index is 2.54. The van der Waals surface area contributed by atoms with Gasteiger partial charge in [0.25, 0.3) is 0 Å². The van der Waals surface area contributed by atoms with Crippen LogP contribution in [-0.4, -0.2) is 25.3 Å². The van der Waals surface area contributed by atoms with Crippen LogP contribution in [0, 0.1) is 0 Å². The maximum absolute atomic E-state index is 12.2. The molecule has 0 aliphatic rings. The number of benzene rings is 1. The summed E-state index contributed by atoms with van der Waals surface area (Å²) in [7, 11) is -3.11. The van der Waals surface area contributed by atoms with Crippen LogP contribution in [0.15, 0.2) is 30.3 Å². The van der Waals surface area contributed by atoms with Crippen molar-refractivity contribution in [2.24, 2.45) is 0 Å². The van der Waals surface area contributed by atoms with Gasteiger partial charge in [-0.2, -0.15) is 0 Å². The summed E-state index contributed by atoms with van der Waals surface area (Å²) >= 11 is 0. The fraction of sp³-hybridized carbons (Fsp3) is 0.462. The summed E-state index contributed by atoms with van der Waals surface area (Å²) in [6, 6.07) is 8.15. The Hall–Kier alpha value is -1.32. The number of carbonyl (C=O) groups is 1. The second kappa shape index (κ2) is 7.31. The largest absolute Gasteiger partial charge is 0.465 e. The van der Waals surface area contributed by atoms with Crippen molar-refractivity contribution in [1.82, 2.24) is 5.09 Å². The molecule has 0 aromatic heterocycles. The number of para-hydroxylation sites is 1.